The zero-order valence-corrected chi connectivity index (χ0v) is 23.0. The minimum atomic E-state index is -0.999. The molecule has 0 radical (unpaired) electrons. The largest absolute Gasteiger partial charge is 0.495 e. The lowest BCUT2D eigenvalue weighted by Gasteiger charge is -2.44. The summed E-state index contributed by atoms with van der Waals surface area (Å²) in [6.45, 7) is 8.91. The Labute approximate surface area is 222 Å². The van der Waals surface area contributed by atoms with Gasteiger partial charge in [-0.3, -0.25) is 14.3 Å². The number of carbonyl (C=O) groups is 2. The summed E-state index contributed by atoms with van der Waals surface area (Å²) >= 11 is 0. The molecule has 37 heavy (non-hydrogen) atoms. The Kier molecular flexibility index (Phi) is 10.8. The first-order valence-electron chi connectivity index (χ1n) is 14.0. The molecule has 1 aliphatic heterocycles. The highest BCUT2D eigenvalue weighted by molar-refractivity contribution is 5.99. The van der Waals surface area contributed by atoms with Crippen LogP contribution in [0.5, 0.6) is 0 Å². The fourth-order valence-electron chi connectivity index (χ4n) is 5.20. The molecule has 202 valence electrons. The third-order valence-corrected chi connectivity index (χ3v) is 7.18. The third kappa shape index (κ3) is 7.24. The molecule has 0 saturated heterocycles. The van der Waals surface area contributed by atoms with Crippen LogP contribution in [0.4, 0.5) is 0 Å². The number of benzene rings is 1. The lowest BCUT2D eigenvalue weighted by Crippen LogP contribution is -2.65. The number of aryl methyl sites for hydroxylation is 1. The van der Waals surface area contributed by atoms with E-state index < -0.39 is 5.54 Å². The molecule has 2 heterocycles. The SMILES string of the molecule is C/C=C\OCc1cc2n(n1)CC(C)(C(=O)NC1CCCCCC1)N(CCCc1ccccc1)C2=O.CC. The van der Waals surface area contributed by atoms with Crippen LogP contribution in [0.2, 0.25) is 0 Å². The average molecular weight is 509 g/mol. The molecule has 1 fully saturated rings. The van der Waals surface area contributed by atoms with Gasteiger partial charge in [-0.2, -0.15) is 5.10 Å². The second kappa shape index (κ2) is 14.0. The summed E-state index contributed by atoms with van der Waals surface area (Å²) in [6, 6.07) is 12.2. The van der Waals surface area contributed by atoms with Gasteiger partial charge in [0, 0.05) is 12.6 Å². The summed E-state index contributed by atoms with van der Waals surface area (Å²) in [5, 5.41) is 7.90. The molecular formula is C30H44N4O3. The highest BCUT2D eigenvalue weighted by atomic mass is 16.5. The molecule has 1 unspecified atom stereocenters. The number of amides is 2. The molecule has 1 aromatic heterocycles. The van der Waals surface area contributed by atoms with Gasteiger partial charge in [0.15, 0.2) is 0 Å². The first-order chi connectivity index (χ1) is 18.0. The van der Waals surface area contributed by atoms with Gasteiger partial charge in [-0.15, -0.1) is 0 Å². The van der Waals surface area contributed by atoms with Gasteiger partial charge < -0.3 is 15.0 Å². The van der Waals surface area contributed by atoms with Crippen LogP contribution < -0.4 is 5.32 Å². The molecule has 2 amide bonds. The van der Waals surface area contributed by atoms with Crippen LogP contribution in [0.25, 0.3) is 0 Å². The molecule has 0 bridgehead atoms. The van der Waals surface area contributed by atoms with Crippen LogP contribution in [-0.4, -0.2) is 44.6 Å². The molecule has 7 heteroatoms. The van der Waals surface area contributed by atoms with Crippen molar-refractivity contribution in [3.8, 4) is 0 Å². The molecule has 2 aliphatic rings. The van der Waals surface area contributed by atoms with Crippen LogP contribution in [0.1, 0.15) is 94.4 Å². The van der Waals surface area contributed by atoms with Crippen molar-refractivity contribution in [3.63, 3.8) is 0 Å². The Hall–Kier alpha value is -3.09. The maximum absolute atomic E-state index is 13.7. The van der Waals surface area contributed by atoms with Crippen LogP contribution in [-0.2, 0) is 29.1 Å². The number of carbonyl (C=O) groups excluding carboxylic acids is 2. The Balaban J connectivity index is 0.00000186. The fourth-order valence-corrected chi connectivity index (χ4v) is 5.20. The van der Waals surface area contributed by atoms with Gasteiger partial charge in [-0.25, -0.2) is 0 Å². The number of allylic oxidation sites excluding steroid dienone is 1. The van der Waals surface area contributed by atoms with E-state index in [1.165, 1.54) is 18.4 Å². The van der Waals surface area contributed by atoms with Gasteiger partial charge in [0.05, 0.1) is 12.8 Å². The monoisotopic (exact) mass is 508 g/mol. The molecule has 0 spiro atoms. The smallest absolute Gasteiger partial charge is 0.273 e. The highest BCUT2D eigenvalue weighted by Gasteiger charge is 2.48. The summed E-state index contributed by atoms with van der Waals surface area (Å²) in [6.07, 6.45) is 11.8. The van der Waals surface area contributed by atoms with Crippen molar-refractivity contribution in [2.75, 3.05) is 6.54 Å². The number of hydrogen-bond acceptors (Lipinski definition) is 4. The van der Waals surface area contributed by atoms with E-state index in [1.807, 2.05) is 52.0 Å². The van der Waals surface area contributed by atoms with E-state index in [1.54, 1.807) is 21.9 Å². The van der Waals surface area contributed by atoms with E-state index in [0.717, 1.165) is 38.5 Å². The topological polar surface area (TPSA) is 76.5 Å². The molecule has 4 rings (SSSR count). The summed E-state index contributed by atoms with van der Waals surface area (Å²) < 4.78 is 7.17. The number of aromatic nitrogens is 2. The van der Waals surface area contributed by atoms with Crippen molar-refractivity contribution >= 4 is 11.8 Å². The van der Waals surface area contributed by atoms with Gasteiger partial charge in [-0.1, -0.05) is 75.9 Å². The Morgan fingerprint density at radius 1 is 1.16 bits per heavy atom. The number of rotatable bonds is 9. The summed E-state index contributed by atoms with van der Waals surface area (Å²) in [4.78, 5) is 29.2. The number of ether oxygens (including phenoxy) is 1. The van der Waals surface area contributed by atoms with E-state index in [0.29, 0.717) is 24.5 Å². The van der Waals surface area contributed by atoms with Crippen molar-refractivity contribution in [1.29, 1.82) is 0 Å². The fraction of sp³-hybridized carbons (Fsp3) is 0.567. The van der Waals surface area contributed by atoms with Crippen molar-refractivity contribution in [2.45, 2.75) is 104 Å². The van der Waals surface area contributed by atoms with E-state index >= 15 is 0 Å². The molecule has 1 aromatic carbocycles. The van der Waals surface area contributed by atoms with Crippen LogP contribution in [0.15, 0.2) is 48.7 Å². The maximum Gasteiger partial charge on any atom is 0.273 e. The first-order valence-corrected chi connectivity index (χ1v) is 14.0. The van der Waals surface area contributed by atoms with Crippen molar-refractivity contribution < 1.29 is 14.3 Å². The van der Waals surface area contributed by atoms with Gasteiger partial charge >= 0.3 is 0 Å². The lowest BCUT2D eigenvalue weighted by molar-refractivity contribution is -0.134. The average Bonchev–Trinajstić information content (AvgIpc) is 3.13. The quantitative estimate of drug-likeness (QED) is 0.351. The van der Waals surface area contributed by atoms with Crippen molar-refractivity contribution in [1.82, 2.24) is 20.0 Å². The van der Waals surface area contributed by atoms with Crippen LogP contribution >= 0.6 is 0 Å². The zero-order chi connectivity index (χ0) is 26.7. The summed E-state index contributed by atoms with van der Waals surface area (Å²) in [5.74, 6) is -0.224. The van der Waals surface area contributed by atoms with Crippen molar-refractivity contribution in [2.24, 2.45) is 0 Å². The number of nitrogens with one attached hydrogen (secondary N) is 1. The number of nitrogens with zero attached hydrogens (tertiary/aromatic N) is 3. The minimum absolute atomic E-state index is 0.0784. The molecule has 2 aromatic rings. The molecule has 1 saturated carbocycles. The summed E-state index contributed by atoms with van der Waals surface area (Å²) in [5.41, 5.74) is 1.43. The molecule has 1 aliphatic carbocycles. The van der Waals surface area contributed by atoms with E-state index in [-0.39, 0.29) is 24.5 Å². The minimum Gasteiger partial charge on any atom is -0.495 e. The molecular weight excluding hydrogens is 464 g/mol. The number of hydrogen-bond donors (Lipinski definition) is 1. The number of fused-ring (bicyclic) bond motifs is 1. The Morgan fingerprint density at radius 3 is 2.54 bits per heavy atom. The van der Waals surface area contributed by atoms with E-state index in [2.05, 4.69) is 22.5 Å². The van der Waals surface area contributed by atoms with Gasteiger partial charge in [0.2, 0.25) is 5.91 Å². The Bertz CT molecular complexity index is 1020. The first kappa shape index (κ1) is 28.5. The van der Waals surface area contributed by atoms with Crippen LogP contribution in [0, 0.1) is 0 Å². The molecule has 1 N–H and O–H groups in total. The summed E-state index contributed by atoms with van der Waals surface area (Å²) in [7, 11) is 0. The zero-order valence-electron chi connectivity index (χ0n) is 23.0. The Morgan fingerprint density at radius 2 is 1.86 bits per heavy atom. The van der Waals surface area contributed by atoms with Gasteiger partial charge in [0.25, 0.3) is 5.91 Å². The molecule has 7 nitrogen and oxygen atoms in total. The van der Waals surface area contributed by atoms with E-state index in [4.69, 9.17) is 4.74 Å². The predicted molar refractivity (Wildman–Crippen MR) is 147 cm³/mol. The van der Waals surface area contributed by atoms with Gasteiger partial charge in [-0.05, 0) is 51.2 Å². The predicted octanol–water partition coefficient (Wildman–Crippen LogP) is 5.65. The van der Waals surface area contributed by atoms with Crippen LogP contribution in [0.3, 0.4) is 0 Å². The lowest BCUT2D eigenvalue weighted by atomic mass is 9.93. The second-order valence-corrected chi connectivity index (χ2v) is 9.94. The van der Waals surface area contributed by atoms with Crippen molar-refractivity contribution in [3.05, 3.63) is 65.7 Å². The maximum atomic E-state index is 13.7. The second-order valence-electron chi connectivity index (χ2n) is 9.94. The third-order valence-electron chi connectivity index (χ3n) is 7.18. The normalized spacial score (nSPS) is 20.1. The molecule has 1 atom stereocenters. The standard InChI is InChI=1S/C28H38N4O3.C2H6/c1-3-18-35-20-24-19-25-26(33)31(17-11-14-22-12-7-6-8-13-22)28(2,21-32(25)30-24)27(34)29-23-15-9-4-5-10-16-23;1-2/h3,6-8,12-13,18-19,23H,4-5,9-11,14-17,20-21H2,1-2H3,(H,29,34);1-2H3/b18-3-;. The van der Waals surface area contributed by atoms with E-state index in [9.17, 15) is 9.59 Å². The highest BCUT2D eigenvalue weighted by Crippen LogP contribution is 2.29. The van der Waals surface area contributed by atoms with Gasteiger partial charge in [0.1, 0.15) is 23.5 Å².